The second kappa shape index (κ2) is 5.75. The molecule has 1 saturated carbocycles. The summed E-state index contributed by atoms with van der Waals surface area (Å²) in [4.78, 5) is 12.0. The molecule has 1 unspecified atom stereocenters. The molecule has 0 aromatic heterocycles. The fourth-order valence-electron chi connectivity index (χ4n) is 2.31. The summed E-state index contributed by atoms with van der Waals surface area (Å²) in [5.41, 5.74) is 0.589. The lowest BCUT2D eigenvalue weighted by atomic mass is 9.82. The Balaban J connectivity index is 2.01. The molecule has 1 aliphatic carbocycles. The van der Waals surface area contributed by atoms with Crippen LogP contribution in [0.2, 0.25) is 0 Å². The molecule has 1 aromatic carbocycles. The van der Waals surface area contributed by atoms with Gasteiger partial charge in [0.1, 0.15) is 0 Å². The van der Waals surface area contributed by atoms with Crippen LogP contribution in [0.4, 0.5) is 0 Å². The molecule has 1 atom stereocenters. The second-order valence-corrected chi connectivity index (χ2v) is 5.65. The van der Waals surface area contributed by atoms with Gasteiger partial charge in [0, 0.05) is 12.3 Å². The van der Waals surface area contributed by atoms with Gasteiger partial charge in [-0.3, -0.25) is 4.79 Å². The van der Waals surface area contributed by atoms with E-state index in [1.54, 1.807) is 0 Å². The summed E-state index contributed by atoms with van der Waals surface area (Å²) >= 11 is 6.06. The van der Waals surface area contributed by atoms with Crippen molar-refractivity contribution in [2.24, 2.45) is 5.92 Å². The average Bonchev–Trinajstić information content (AvgIpc) is 2.35. The van der Waals surface area contributed by atoms with Crippen molar-refractivity contribution in [2.45, 2.75) is 38.1 Å². The van der Waals surface area contributed by atoms with E-state index < -0.39 is 5.54 Å². The molecule has 1 fully saturated rings. The van der Waals surface area contributed by atoms with Crippen LogP contribution in [0.1, 0.15) is 38.2 Å². The van der Waals surface area contributed by atoms with Gasteiger partial charge < -0.3 is 5.32 Å². The van der Waals surface area contributed by atoms with Crippen molar-refractivity contribution in [3.05, 3.63) is 35.9 Å². The lowest BCUT2D eigenvalue weighted by molar-refractivity contribution is -0.124. The first-order valence-corrected chi connectivity index (χ1v) is 7.10. The molecule has 1 N–H and O–H groups in total. The molecule has 0 saturated heterocycles. The minimum absolute atomic E-state index is 0.117. The van der Waals surface area contributed by atoms with Crippen LogP contribution in [-0.4, -0.2) is 11.8 Å². The van der Waals surface area contributed by atoms with Gasteiger partial charge in [-0.05, 0) is 31.2 Å². The molecule has 1 aliphatic rings. The largest absolute Gasteiger partial charge is 0.346 e. The quantitative estimate of drug-likeness (QED) is 0.812. The number of rotatable bonds is 5. The molecular formula is C15H20ClNO. The molecule has 2 nitrogen and oxygen atoms in total. The van der Waals surface area contributed by atoms with Crippen LogP contribution >= 0.6 is 11.6 Å². The lowest BCUT2D eigenvalue weighted by Crippen LogP contribution is -2.45. The van der Waals surface area contributed by atoms with Crippen LogP contribution in [0.5, 0.6) is 0 Å². The highest BCUT2D eigenvalue weighted by Crippen LogP contribution is 2.30. The number of amides is 1. The number of carbonyl (C=O) groups excluding carboxylic acids is 1. The molecule has 0 spiro atoms. The SMILES string of the molecule is CC(CCl)(NC(=O)CC1CCC1)c1ccccc1. The highest BCUT2D eigenvalue weighted by atomic mass is 35.5. The maximum atomic E-state index is 12.0. The van der Waals surface area contributed by atoms with Crippen molar-refractivity contribution in [3.8, 4) is 0 Å². The smallest absolute Gasteiger partial charge is 0.220 e. The molecule has 3 heteroatoms. The van der Waals surface area contributed by atoms with Crippen molar-refractivity contribution in [2.75, 3.05) is 5.88 Å². The van der Waals surface area contributed by atoms with Gasteiger partial charge >= 0.3 is 0 Å². The molecule has 98 valence electrons. The van der Waals surface area contributed by atoms with Gasteiger partial charge in [-0.2, -0.15) is 0 Å². The minimum atomic E-state index is -0.469. The summed E-state index contributed by atoms with van der Waals surface area (Å²) in [6.45, 7) is 1.98. The first-order valence-electron chi connectivity index (χ1n) is 6.56. The first-order chi connectivity index (χ1) is 8.64. The number of nitrogens with one attached hydrogen (secondary N) is 1. The molecule has 0 bridgehead atoms. The van der Waals surface area contributed by atoms with Gasteiger partial charge in [0.2, 0.25) is 5.91 Å². The maximum Gasteiger partial charge on any atom is 0.220 e. The summed E-state index contributed by atoms with van der Waals surface area (Å²) in [5, 5.41) is 3.09. The van der Waals surface area contributed by atoms with Crippen molar-refractivity contribution < 1.29 is 4.79 Å². The van der Waals surface area contributed by atoms with Crippen LogP contribution in [0.15, 0.2) is 30.3 Å². The van der Waals surface area contributed by atoms with Crippen molar-refractivity contribution in [1.82, 2.24) is 5.32 Å². The van der Waals surface area contributed by atoms with E-state index in [9.17, 15) is 4.79 Å². The predicted octanol–water partition coefficient (Wildman–Crippen LogP) is 3.45. The normalized spacial score (nSPS) is 18.8. The molecule has 0 aliphatic heterocycles. The number of carbonyl (C=O) groups is 1. The Bertz CT molecular complexity index is 402. The summed E-state index contributed by atoms with van der Waals surface area (Å²) in [7, 11) is 0. The van der Waals surface area contributed by atoms with E-state index in [1.807, 2.05) is 37.3 Å². The van der Waals surface area contributed by atoms with E-state index in [0.717, 1.165) is 5.56 Å². The van der Waals surface area contributed by atoms with Crippen LogP contribution in [0.25, 0.3) is 0 Å². The summed E-state index contributed by atoms with van der Waals surface area (Å²) in [5.74, 6) is 1.08. The summed E-state index contributed by atoms with van der Waals surface area (Å²) < 4.78 is 0. The zero-order valence-corrected chi connectivity index (χ0v) is 11.5. The Morgan fingerprint density at radius 1 is 1.39 bits per heavy atom. The first kappa shape index (κ1) is 13.4. The molecule has 0 heterocycles. The molecule has 0 radical (unpaired) electrons. The van der Waals surface area contributed by atoms with Gasteiger partial charge in [0.05, 0.1) is 5.54 Å². The van der Waals surface area contributed by atoms with Crippen LogP contribution in [-0.2, 0) is 10.3 Å². The molecule has 1 amide bonds. The number of hydrogen-bond donors (Lipinski definition) is 1. The Labute approximate surface area is 114 Å². The molecule has 18 heavy (non-hydrogen) atoms. The van der Waals surface area contributed by atoms with Gasteiger partial charge in [-0.1, -0.05) is 36.8 Å². The second-order valence-electron chi connectivity index (χ2n) is 5.38. The van der Waals surface area contributed by atoms with Gasteiger partial charge in [-0.25, -0.2) is 0 Å². The Morgan fingerprint density at radius 2 is 2.06 bits per heavy atom. The number of benzene rings is 1. The van der Waals surface area contributed by atoms with Crippen molar-refractivity contribution in [3.63, 3.8) is 0 Å². The average molecular weight is 266 g/mol. The molecule has 1 aromatic rings. The predicted molar refractivity (Wildman–Crippen MR) is 74.6 cm³/mol. The fourth-order valence-corrected chi connectivity index (χ4v) is 2.53. The fraction of sp³-hybridized carbons (Fsp3) is 0.533. The number of hydrogen-bond acceptors (Lipinski definition) is 1. The summed E-state index contributed by atoms with van der Waals surface area (Å²) in [6, 6.07) is 9.92. The molecule has 2 rings (SSSR count). The van der Waals surface area contributed by atoms with Crippen molar-refractivity contribution in [1.29, 1.82) is 0 Å². The zero-order valence-electron chi connectivity index (χ0n) is 10.8. The standard InChI is InChI=1S/C15H20ClNO/c1-15(11-16,13-8-3-2-4-9-13)17-14(18)10-12-6-5-7-12/h2-4,8-9,12H,5-7,10-11H2,1H3,(H,17,18). The lowest BCUT2D eigenvalue weighted by Gasteiger charge is -2.31. The number of halogens is 1. The Morgan fingerprint density at radius 3 is 2.56 bits per heavy atom. The van der Waals surface area contributed by atoms with Crippen LogP contribution in [0, 0.1) is 5.92 Å². The van der Waals surface area contributed by atoms with Gasteiger partial charge in [-0.15, -0.1) is 11.6 Å². The topological polar surface area (TPSA) is 29.1 Å². The maximum absolute atomic E-state index is 12.0. The monoisotopic (exact) mass is 265 g/mol. The summed E-state index contributed by atoms with van der Waals surface area (Å²) in [6.07, 6.45) is 4.29. The zero-order chi connectivity index (χ0) is 13.0. The van der Waals surface area contributed by atoms with Crippen LogP contribution in [0.3, 0.4) is 0 Å². The highest BCUT2D eigenvalue weighted by Gasteiger charge is 2.29. The van der Waals surface area contributed by atoms with E-state index >= 15 is 0 Å². The van der Waals surface area contributed by atoms with Crippen LogP contribution < -0.4 is 5.32 Å². The number of alkyl halides is 1. The third kappa shape index (κ3) is 3.05. The van der Waals surface area contributed by atoms with E-state index in [4.69, 9.17) is 11.6 Å². The van der Waals surface area contributed by atoms with Gasteiger partial charge in [0.15, 0.2) is 0 Å². The van der Waals surface area contributed by atoms with E-state index in [0.29, 0.717) is 18.2 Å². The Hall–Kier alpha value is -1.02. The Kier molecular flexibility index (Phi) is 4.28. The van der Waals surface area contributed by atoms with Crippen molar-refractivity contribution >= 4 is 17.5 Å². The van der Waals surface area contributed by atoms with E-state index in [1.165, 1.54) is 19.3 Å². The van der Waals surface area contributed by atoms with E-state index in [-0.39, 0.29) is 5.91 Å². The third-order valence-electron chi connectivity index (χ3n) is 3.79. The van der Waals surface area contributed by atoms with Gasteiger partial charge in [0.25, 0.3) is 0 Å². The third-order valence-corrected chi connectivity index (χ3v) is 4.33. The highest BCUT2D eigenvalue weighted by molar-refractivity contribution is 6.18. The van der Waals surface area contributed by atoms with E-state index in [2.05, 4.69) is 5.32 Å². The molecular weight excluding hydrogens is 246 g/mol. The minimum Gasteiger partial charge on any atom is -0.346 e.